The largest absolute Gasteiger partial charge is 0.478 e. The second-order valence-electron chi connectivity index (χ2n) is 4.27. The fourth-order valence-corrected chi connectivity index (χ4v) is 1.69. The fraction of sp³-hybridized carbons (Fsp3) is 0.214. The molecule has 0 unspecified atom stereocenters. The number of anilines is 1. The third-order valence-corrected chi connectivity index (χ3v) is 2.79. The number of nitrogens with zero attached hydrogens (tertiary/aromatic N) is 2. The van der Waals surface area contributed by atoms with Gasteiger partial charge in [0.05, 0.1) is 5.56 Å². The maximum Gasteiger partial charge on any atom is 0.335 e. The number of hydrogen-bond donors (Lipinski definition) is 3. The van der Waals surface area contributed by atoms with Gasteiger partial charge in [-0.25, -0.2) is 14.8 Å². The molecule has 2 aromatic rings. The first-order valence-electron chi connectivity index (χ1n) is 6.20. The summed E-state index contributed by atoms with van der Waals surface area (Å²) in [7, 11) is 1.77. The van der Waals surface area contributed by atoms with Crippen molar-refractivity contribution in [1.82, 2.24) is 15.3 Å². The SMILES string of the molecule is CNc1ncc(CNCc2ccc(C(=O)O)cc2)cn1. The molecule has 0 atom stereocenters. The number of aromatic nitrogens is 2. The van der Waals surface area contributed by atoms with E-state index in [1.807, 2.05) is 0 Å². The van der Waals surface area contributed by atoms with Crippen LogP contribution in [0, 0.1) is 0 Å². The molecule has 104 valence electrons. The highest BCUT2D eigenvalue weighted by Crippen LogP contribution is 2.05. The highest BCUT2D eigenvalue weighted by Gasteiger charge is 2.01. The molecule has 0 aliphatic heterocycles. The highest BCUT2D eigenvalue weighted by atomic mass is 16.4. The Morgan fingerprint density at radius 2 is 1.70 bits per heavy atom. The number of hydrogen-bond acceptors (Lipinski definition) is 5. The standard InChI is InChI=1S/C14H16N4O2/c1-15-14-17-8-11(9-18-14)7-16-6-10-2-4-12(5-3-10)13(19)20/h2-5,8-9,16H,6-7H2,1H3,(H,19,20)(H,15,17,18). The Balaban J connectivity index is 1.84. The predicted octanol–water partition coefficient (Wildman–Crippen LogP) is 1.51. The molecule has 0 aliphatic rings. The number of nitrogens with one attached hydrogen (secondary N) is 2. The molecule has 1 aromatic heterocycles. The molecule has 20 heavy (non-hydrogen) atoms. The number of aromatic carboxylic acids is 1. The summed E-state index contributed by atoms with van der Waals surface area (Å²) < 4.78 is 0. The summed E-state index contributed by atoms with van der Waals surface area (Å²) in [6, 6.07) is 6.81. The quantitative estimate of drug-likeness (QED) is 0.739. The Morgan fingerprint density at radius 3 is 2.25 bits per heavy atom. The lowest BCUT2D eigenvalue weighted by atomic mass is 10.1. The molecule has 0 fully saturated rings. The van der Waals surface area contributed by atoms with E-state index in [0.717, 1.165) is 11.1 Å². The molecule has 1 aromatic carbocycles. The molecule has 0 aliphatic carbocycles. The lowest BCUT2D eigenvalue weighted by molar-refractivity contribution is 0.0697. The second-order valence-corrected chi connectivity index (χ2v) is 4.27. The molecule has 6 nitrogen and oxygen atoms in total. The van der Waals surface area contributed by atoms with Crippen LogP contribution in [0.4, 0.5) is 5.95 Å². The van der Waals surface area contributed by atoms with E-state index in [0.29, 0.717) is 24.6 Å². The molecular weight excluding hydrogens is 256 g/mol. The van der Waals surface area contributed by atoms with Crippen LogP contribution >= 0.6 is 0 Å². The van der Waals surface area contributed by atoms with Crippen LogP contribution in [0.5, 0.6) is 0 Å². The Kier molecular flexibility index (Phi) is 4.62. The Labute approximate surface area is 116 Å². The molecule has 1 heterocycles. The number of rotatable bonds is 6. The number of benzene rings is 1. The summed E-state index contributed by atoms with van der Waals surface area (Å²) in [6.07, 6.45) is 3.53. The third-order valence-electron chi connectivity index (χ3n) is 2.79. The van der Waals surface area contributed by atoms with Crippen molar-refractivity contribution < 1.29 is 9.90 Å². The molecule has 0 amide bonds. The van der Waals surface area contributed by atoms with E-state index >= 15 is 0 Å². The Hall–Kier alpha value is -2.47. The summed E-state index contributed by atoms with van der Waals surface area (Å²) >= 11 is 0. The Morgan fingerprint density at radius 1 is 1.10 bits per heavy atom. The van der Waals surface area contributed by atoms with Crippen molar-refractivity contribution in [1.29, 1.82) is 0 Å². The zero-order valence-corrected chi connectivity index (χ0v) is 11.1. The van der Waals surface area contributed by atoms with Crippen molar-refractivity contribution in [2.45, 2.75) is 13.1 Å². The fourth-order valence-electron chi connectivity index (χ4n) is 1.69. The van der Waals surface area contributed by atoms with Crippen LogP contribution in [-0.2, 0) is 13.1 Å². The lowest BCUT2D eigenvalue weighted by Crippen LogP contribution is -2.13. The second kappa shape index (κ2) is 6.63. The van der Waals surface area contributed by atoms with E-state index in [2.05, 4.69) is 20.6 Å². The van der Waals surface area contributed by atoms with Gasteiger partial charge in [0.1, 0.15) is 0 Å². The normalized spacial score (nSPS) is 10.2. The van der Waals surface area contributed by atoms with Gasteiger partial charge in [-0.3, -0.25) is 0 Å². The maximum absolute atomic E-state index is 10.7. The predicted molar refractivity (Wildman–Crippen MR) is 75.5 cm³/mol. The van der Waals surface area contributed by atoms with E-state index in [1.165, 1.54) is 0 Å². The van der Waals surface area contributed by atoms with Crippen LogP contribution in [0.25, 0.3) is 0 Å². The summed E-state index contributed by atoms with van der Waals surface area (Å²) in [4.78, 5) is 19.0. The van der Waals surface area contributed by atoms with E-state index in [4.69, 9.17) is 5.11 Å². The average Bonchev–Trinajstić information content (AvgIpc) is 2.48. The van der Waals surface area contributed by atoms with E-state index in [1.54, 1.807) is 43.7 Å². The molecule has 2 rings (SSSR count). The van der Waals surface area contributed by atoms with Gasteiger partial charge in [0.2, 0.25) is 5.95 Å². The van der Waals surface area contributed by atoms with Crippen molar-refractivity contribution >= 4 is 11.9 Å². The van der Waals surface area contributed by atoms with Gasteiger partial charge in [-0.1, -0.05) is 12.1 Å². The van der Waals surface area contributed by atoms with Gasteiger partial charge in [0.25, 0.3) is 0 Å². The zero-order valence-electron chi connectivity index (χ0n) is 11.1. The first-order valence-corrected chi connectivity index (χ1v) is 6.20. The molecular formula is C14H16N4O2. The minimum absolute atomic E-state index is 0.296. The molecule has 6 heteroatoms. The van der Waals surface area contributed by atoms with Crippen LogP contribution in [0.15, 0.2) is 36.7 Å². The highest BCUT2D eigenvalue weighted by molar-refractivity contribution is 5.87. The van der Waals surface area contributed by atoms with Gasteiger partial charge in [0, 0.05) is 38.1 Å². The van der Waals surface area contributed by atoms with Gasteiger partial charge in [-0.05, 0) is 17.7 Å². The molecule has 0 saturated carbocycles. The van der Waals surface area contributed by atoms with Gasteiger partial charge < -0.3 is 15.7 Å². The first kappa shape index (κ1) is 14.0. The van der Waals surface area contributed by atoms with Crippen molar-refractivity contribution in [2.75, 3.05) is 12.4 Å². The Bertz CT molecular complexity index is 567. The zero-order chi connectivity index (χ0) is 14.4. The smallest absolute Gasteiger partial charge is 0.335 e. The van der Waals surface area contributed by atoms with E-state index < -0.39 is 5.97 Å². The van der Waals surface area contributed by atoms with Gasteiger partial charge in [-0.2, -0.15) is 0 Å². The molecule has 0 radical (unpaired) electrons. The van der Waals surface area contributed by atoms with Crippen LogP contribution in [0.3, 0.4) is 0 Å². The third kappa shape index (κ3) is 3.76. The maximum atomic E-state index is 10.7. The van der Waals surface area contributed by atoms with Gasteiger partial charge in [-0.15, -0.1) is 0 Å². The number of carboxylic acid groups (broad SMARTS) is 1. The van der Waals surface area contributed by atoms with Gasteiger partial charge in [0.15, 0.2) is 0 Å². The topological polar surface area (TPSA) is 87.1 Å². The first-order chi connectivity index (χ1) is 9.69. The molecule has 0 saturated heterocycles. The molecule has 0 bridgehead atoms. The average molecular weight is 272 g/mol. The number of carboxylic acids is 1. The van der Waals surface area contributed by atoms with Gasteiger partial charge >= 0.3 is 5.97 Å². The van der Waals surface area contributed by atoms with E-state index in [-0.39, 0.29) is 0 Å². The molecule has 0 spiro atoms. The number of carbonyl (C=O) groups is 1. The minimum atomic E-state index is -0.911. The van der Waals surface area contributed by atoms with Crippen LogP contribution in [0.1, 0.15) is 21.5 Å². The van der Waals surface area contributed by atoms with Crippen LogP contribution in [0.2, 0.25) is 0 Å². The van der Waals surface area contributed by atoms with E-state index in [9.17, 15) is 4.79 Å². The minimum Gasteiger partial charge on any atom is -0.478 e. The molecule has 3 N–H and O–H groups in total. The van der Waals surface area contributed by atoms with Crippen molar-refractivity contribution in [3.8, 4) is 0 Å². The van der Waals surface area contributed by atoms with Crippen molar-refractivity contribution in [3.63, 3.8) is 0 Å². The lowest BCUT2D eigenvalue weighted by Gasteiger charge is -2.05. The summed E-state index contributed by atoms with van der Waals surface area (Å²) in [6.45, 7) is 1.32. The van der Waals surface area contributed by atoms with Crippen molar-refractivity contribution in [2.24, 2.45) is 0 Å². The van der Waals surface area contributed by atoms with Crippen LogP contribution in [-0.4, -0.2) is 28.1 Å². The van der Waals surface area contributed by atoms with Crippen molar-refractivity contribution in [3.05, 3.63) is 53.3 Å². The summed E-state index contributed by atoms with van der Waals surface area (Å²) in [5, 5.41) is 14.9. The summed E-state index contributed by atoms with van der Waals surface area (Å²) in [5.74, 6) is -0.315. The van der Waals surface area contributed by atoms with Crippen LogP contribution < -0.4 is 10.6 Å². The summed E-state index contributed by atoms with van der Waals surface area (Å²) in [5.41, 5.74) is 2.32. The monoisotopic (exact) mass is 272 g/mol.